The molecule has 0 N–H and O–H groups in total. The summed E-state index contributed by atoms with van der Waals surface area (Å²) in [7, 11) is 1.53. The molecule has 0 spiro atoms. The van der Waals surface area contributed by atoms with Crippen molar-refractivity contribution in [1.82, 2.24) is 20.1 Å². The predicted molar refractivity (Wildman–Crippen MR) is 116 cm³/mol. The van der Waals surface area contributed by atoms with Crippen molar-refractivity contribution in [3.63, 3.8) is 0 Å². The van der Waals surface area contributed by atoms with E-state index in [9.17, 15) is 4.79 Å². The van der Waals surface area contributed by atoms with Gasteiger partial charge in [0.2, 0.25) is 5.89 Å². The zero-order valence-corrected chi connectivity index (χ0v) is 17.5. The van der Waals surface area contributed by atoms with E-state index >= 15 is 0 Å². The molecule has 1 saturated heterocycles. The summed E-state index contributed by atoms with van der Waals surface area (Å²) < 4.78 is 11.4. The maximum absolute atomic E-state index is 13.3. The van der Waals surface area contributed by atoms with Gasteiger partial charge in [0.15, 0.2) is 0 Å². The number of methoxy groups -OCH3 is 1. The first-order valence-corrected chi connectivity index (χ1v) is 10.4. The summed E-state index contributed by atoms with van der Waals surface area (Å²) >= 11 is 6.12. The van der Waals surface area contributed by atoms with Gasteiger partial charge in [0.05, 0.1) is 12.7 Å². The van der Waals surface area contributed by atoms with Crippen LogP contribution in [0.25, 0.3) is 22.4 Å². The van der Waals surface area contributed by atoms with E-state index in [4.69, 9.17) is 20.8 Å². The van der Waals surface area contributed by atoms with Crippen LogP contribution in [0.3, 0.4) is 0 Å². The lowest BCUT2D eigenvalue weighted by molar-refractivity contribution is 0.0712. The molecule has 1 aliphatic rings. The number of likely N-dealkylation sites (tertiary alicyclic amines) is 1. The smallest absolute Gasteiger partial charge is 0.267 e. The first kappa shape index (κ1) is 19.5. The van der Waals surface area contributed by atoms with Crippen LogP contribution in [0.5, 0.6) is 5.75 Å². The molecule has 1 fully saturated rings. The Morgan fingerprint density at radius 1 is 1.19 bits per heavy atom. The van der Waals surface area contributed by atoms with Gasteiger partial charge in [-0.2, -0.15) is 0 Å². The molecule has 5 rings (SSSR count). The van der Waals surface area contributed by atoms with E-state index < -0.39 is 0 Å². The van der Waals surface area contributed by atoms with Crippen molar-refractivity contribution >= 4 is 28.3 Å². The summed E-state index contributed by atoms with van der Waals surface area (Å²) in [4.78, 5) is 19.5. The maximum atomic E-state index is 13.3. The Kier molecular flexibility index (Phi) is 5.03. The van der Waals surface area contributed by atoms with Gasteiger partial charge < -0.3 is 14.1 Å². The summed E-state index contributed by atoms with van der Waals surface area (Å²) in [5, 5.41) is 10.9. The third-order valence-electron chi connectivity index (χ3n) is 5.51. The van der Waals surface area contributed by atoms with Gasteiger partial charge in [-0.15, -0.1) is 10.2 Å². The van der Waals surface area contributed by atoms with Gasteiger partial charge in [-0.3, -0.25) is 9.78 Å². The second-order valence-electron chi connectivity index (χ2n) is 7.33. The Morgan fingerprint density at radius 3 is 2.94 bits per heavy atom. The van der Waals surface area contributed by atoms with Crippen molar-refractivity contribution in [2.75, 3.05) is 13.7 Å². The molecular weight excluding hydrogens is 416 g/mol. The van der Waals surface area contributed by atoms with Gasteiger partial charge in [-0.25, -0.2) is 0 Å². The van der Waals surface area contributed by atoms with E-state index in [2.05, 4.69) is 15.2 Å². The van der Waals surface area contributed by atoms with Crippen molar-refractivity contribution < 1.29 is 13.9 Å². The highest BCUT2D eigenvalue weighted by Crippen LogP contribution is 2.36. The summed E-state index contributed by atoms with van der Waals surface area (Å²) in [5.41, 5.74) is 1.04. The number of benzene rings is 2. The fourth-order valence-corrected chi connectivity index (χ4v) is 4.20. The van der Waals surface area contributed by atoms with Crippen LogP contribution in [-0.2, 0) is 0 Å². The lowest BCUT2D eigenvalue weighted by Gasteiger charge is -2.23. The molecule has 2 aromatic heterocycles. The second kappa shape index (κ2) is 8.00. The average Bonchev–Trinajstić information content (AvgIpc) is 3.48. The number of ether oxygens (including phenoxy) is 1. The number of hydrogen-bond donors (Lipinski definition) is 0. The summed E-state index contributed by atoms with van der Waals surface area (Å²) in [6.45, 7) is 0.587. The predicted octanol–water partition coefficient (Wildman–Crippen LogP) is 4.92. The third-order valence-corrected chi connectivity index (χ3v) is 5.74. The molecule has 8 heteroatoms. The quantitative estimate of drug-likeness (QED) is 0.453. The number of fused-ring (bicyclic) bond motifs is 1. The molecule has 156 valence electrons. The van der Waals surface area contributed by atoms with Gasteiger partial charge in [0.25, 0.3) is 11.8 Å². The molecule has 1 aliphatic heterocycles. The van der Waals surface area contributed by atoms with Crippen molar-refractivity contribution in [3.8, 4) is 17.3 Å². The van der Waals surface area contributed by atoms with Crippen LogP contribution >= 0.6 is 11.6 Å². The van der Waals surface area contributed by atoms with E-state index in [-0.39, 0.29) is 11.9 Å². The number of amides is 1. The third kappa shape index (κ3) is 3.51. The largest absolute Gasteiger partial charge is 0.496 e. The molecular formula is C23H19ClN4O3. The standard InChI is InChI=1S/C23H19ClN4O3/c1-30-19-9-8-15(24)13-17(19)23(29)28-12-4-7-18(28)21-26-27-22(31-21)20-16-6-3-2-5-14(16)10-11-25-20/h2-3,5-6,8-11,13,18H,4,7,12H2,1H3. The molecule has 2 aromatic carbocycles. The Hall–Kier alpha value is -3.45. The Balaban J connectivity index is 1.48. The van der Waals surface area contributed by atoms with Crippen molar-refractivity contribution in [2.24, 2.45) is 0 Å². The average molecular weight is 435 g/mol. The fourth-order valence-electron chi connectivity index (χ4n) is 4.02. The number of carbonyl (C=O) groups is 1. The summed E-state index contributed by atoms with van der Waals surface area (Å²) in [6, 6.07) is 14.5. The Morgan fingerprint density at radius 2 is 2.06 bits per heavy atom. The fraction of sp³-hybridized carbons (Fsp3) is 0.217. The zero-order chi connectivity index (χ0) is 21.4. The van der Waals surface area contributed by atoms with Crippen LogP contribution in [0.1, 0.15) is 35.1 Å². The molecule has 4 aromatic rings. The van der Waals surface area contributed by atoms with E-state index in [0.29, 0.717) is 40.4 Å². The minimum atomic E-state index is -0.313. The molecule has 31 heavy (non-hydrogen) atoms. The van der Waals surface area contributed by atoms with E-state index in [0.717, 1.165) is 23.6 Å². The van der Waals surface area contributed by atoms with Gasteiger partial charge in [-0.1, -0.05) is 35.9 Å². The number of carbonyl (C=O) groups excluding carboxylic acids is 1. The minimum Gasteiger partial charge on any atom is -0.496 e. The topological polar surface area (TPSA) is 81.4 Å². The molecule has 1 unspecified atom stereocenters. The molecule has 0 aliphatic carbocycles. The van der Waals surface area contributed by atoms with E-state index in [1.54, 1.807) is 29.3 Å². The first-order valence-electron chi connectivity index (χ1n) is 9.98. The molecule has 0 bridgehead atoms. The molecule has 1 atom stereocenters. The first-order chi connectivity index (χ1) is 15.2. The molecule has 0 radical (unpaired) electrons. The number of pyridine rings is 1. The minimum absolute atomic E-state index is 0.176. The van der Waals surface area contributed by atoms with Crippen LogP contribution in [0, 0.1) is 0 Å². The molecule has 7 nitrogen and oxygen atoms in total. The normalized spacial score (nSPS) is 16.1. The highest BCUT2D eigenvalue weighted by Gasteiger charge is 2.35. The second-order valence-corrected chi connectivity index (χ2v) is 7.76. The van der Waals surface area contributed by atoms with Gasteiger partial charge in [0.1, 0.15) is 17.5 Å². The number of rotatable bonds is 4. The number of nitrogens with zero attached hydrogens (tertiary/aromatic N) is 4. The van der Waals surface area contributed by atoms with Crippen LogP contribution in [0.2, 0.25) is 5.02 Å². The Bertz CT molecular complexity index is 1270. The number of hydrogen-bond acceptors (Lipinski definition) is 6. The number of aromatic nitrogens is 3. The van der Waals surface area contributed by atoms with Crippen LogP contribution in [-0.4, -0.2) is 39.6 Å². The van der Waals surface area contributed by atoms with Crippen LogP contribution < -0.4 is 4.74 Å². The van der Waals surface area contributed by atoms with Gasteiger partial charge >= 0.3 is 0 Å². The maximum Gasteiger partial charge on any atom is 0.267 e. The van der Waals surface area contributed by atoms with E-state index in [1.807, 2.05) is 30.3 Å². The highest BCUT2D eigenvalue weighted by molar-refractivity contribution is 6.31. The van der Waals surface area contributed by atoms with Crippen LogP contribution in [0.15, 0.2) is 59.1 Å². The molecule has 1 amide bonds. The van der Waals surface area contributed by atoms with E-state index in [1.165, 1.54) is 7.11 Å². The number of halogens is 1. The van der Waals surface area contributed by atoms with Crippen LogP contribution in [0.4, 0.5) is 0 Å². The monoisotopic (exact) mass is 434 g/mol. The Labute approximate surface area is 183 Å². The van der Waals surface area contributed by atoms with Crippen molar-refractivity contribution in [3.05, 3.63) is 71.2 Å². The lowest BCUT2D eigenvalue weighted by Crippen LogP contribution is -2.31. The summed E-state index contributed by atoms with van der Waals surface area (Å²) in [6.07, 6.45) is 3.29. The summed E-state index contributed by atoms with van der Waals surface area (Å²) in [5.74, 6) is 1.04. The SMILES string of the molecule is COc1ccc(Cl)cc1C(=O)N1CCCC1c1nnc(-c2nccc3ccccc23)o1. The molecule has 0 saturated carbocycles. The van der Waals surface area contributed by atoms with Gasteiger partial charge in [-0.05, 0) is 42.5 Å². The van der Waals surface area contributed by atoms with Gasteiger partial charge in [0, 0.05) is 23.2 Å². The molecule has 3 heterocycles. The highest BCUT2D eigenvalue weighted by atomic mass is 35.5. The van der Waals surface area contributed by atoms with Crippen molar-refractivity contribution in [1.29, 1.82) is 0 Å². The van der Waals surface area contributed by atoms with Crippen molar-refractivity contribution in [2.45, 2.75) is 18.9 Å². The lowest BCUT2D eigenvalue weighted by atomic mass is 10.1. The zero-order valence-electron chi connectivity index (χ0n) is 16.8.